The van der Waals surface area contributed by atoms with Gasteiger partial charge in [0, 0.05) is 0 Å². The van der Waals surface area contributed by atoms with E-state index in [1.165, 1.54) is 36.4 Å². The molecule has 0 heterocycles. The van der Waals surface area contributed by atoms with Crippen LogP contribution in [-0.4, -0.2) is 51.1 Å². The molecule has 0 aliphatic carbocycles. The van der Waals surface area contributed by atoms with E-state index in [-0.39, 0.29) is 57.8 Å². The Balaban J connectivity index is 1.24. The van der Waals surface area contributed by atoms with Crippen LogP contribution in [0.25, 0.3) is 0 Å². The number of hydrogen-bond donors (Lipinski definition) is 10. The highest BCUT2D eigenvalue weighted by Gasteiger charge is 2.26. The van der Waals surface area contributed by atoms with Gasteiger partial charge in [0.1, 0.15) is 0 Å². The fourth-order valence-electron chi connectivity index (χ4n) is 7.28. The maximum absolute atomic E-state index is 10.6. The molecule has 10 N–H and O–H groups in total. The van der Waals surface area contributed by atoms with E-state index < -0.39 is 11.5 Å². The topological polar surface area (TPSA) is 202 Å². The highest BCUT2D eigenvalue weighted by Crippen LogP contribution is 2.40. The number of phenolic OH excluding ortho intramolecular Hbond substituents is 10. The van der Waals surface area contributed by atoms with Gasteiger partial charge >= 0.3 is 0 Å². The Bertz CT molecular complexity index is 2240. The van der Waals surface area contributed by atoms with Gasteiger partial charge in [-0.15, -0.1) is 0 Å². The van der Waals surface area contributed by atoms with E-state index in [0.29, 0.717) is 62.5 Å². The first-order chi connectivity index (χ1) is 26.8. The highest BCUT2D eigenvalue weighted by atomic mass is 16.3. The molecular weight excluding hydrogens is 712 g/mol. The van der Waals surface area contributed by atoms with Crippen molar-refractivity contribution in [3.63, 3.8) is 0 Å². The van der Waals surface area contributed by atoms with Crippen LogP contribution in [0.1, 0.15) is 56.8 Å². The van der Waals surface area contributed by atoms with Crippen molar-refractivity contribution in [1.29, 1.82) is 0 Å². The summed E-state index contributed by atoms with van der Waals surface area (Å²) in [4.78, 5) is 0. The number of phenols is 10. The quantitative estimate of drug-likeness (QED) is 0.0456. The molecule has 6 aromatic rings. The fourth-order valence-corrected chi connectivity index (χ4v) is 7.28. The lowest BCUT2D eigenvalue weighted by Gasteiger charge is -2.29. The van der Waals surface area contributed by atoms with E-state index in [0.717, 1.165) is 33.4 Å². The minimum atomic E-state index is -0.543. The zero-order chi connectivity index (χ0) is 39.9. The van der Waals surface area contributed by atoms with E-state index >= 15 is 0 Å². The molecule has 0 bridgehead atoms. The summed E-state index contributed by atoms with van der Waals surface area (Å²) in [6.07, 6.45) is 4.92. The summed E-state index contributed by atoms with van der Waals surface area (Å²) in [6, 6.07) is 32.0. The molecule has 10 heteroatoms. The number of aromatic hydroxyl groups is 10. The molecule has 0 aliphatic rings. The molecule has 0 radical (unpaired) electrons. The van der Waals surface area contributed by atoms with Crippen LogP contribution in [0.2, 0.25) is 0 Å². The average molecular weight is 759 g/mol. The Morgan fingerprint density at radius 1 is 0.304 bits per heavy atom. The molecular formula is C46H46O10. The van der Waals surface area contributed by atoms with E-state index in [4.69, 9.17) is 0 Å². The van der Waals surface area contributed by atoms with E-state index in [1.54, 1.807) is 18.2 Å². The summed E-state index contributed by atoms with van der Waals surface area (Å²) in [5, 5.41) is 99.9. The molecule has 10 nitrogen and oxygen atoms in total. The molecule has 0 amide bonds. The second-order valence-corrected chi connectivity index (χ2v) is 14.5. The van der Waals surface area contributed by atoms with Gasteiger partial charge in [-0.2, -0.15) is 0 Å². The third-order valence-corrected chi connectivity index (χ3v) is 10.5. The van der Waals surface area contributed by atoms with Crippen LogP contribution in [0.5, 0.6) is 57.5 Å². The summed E-state index contributed by atoms with van der Waals surface area (Å²) in [5.41, 5.74) is 7.32. The maximum atomic E-state index is 10.6. The molecule has 0 fully saturated rings. The Hall–Kier alpha value is -6.68. The molecule has 0 aliphatic heterocycles. The molecule has 0 saturated carbocycles. The minimum Gasteiger partial charge on any atom is -0.504 e. The van der Waals surface area contributed by atoms with E-state index in [1.807, 2.05) is 30.3 Å². The largest absolute Gasteiger partial charge is 0.504 e. The van der Waals surface area contributed by atoms with Gasteiger partial charge in [0.25, 0.3) is 0 Å². The maximum Gasteiger partial charge on any atom is 0.200 e. The molecule has 0 saturated heterocycles. The molecule has 6 rings (SSSR count). The number of benzene rings is 6. The molecule has 290 valence electrons. The zero-order valence-electron chi connectivity index (χ0n) is 30.7. The Morgan fingerprint density at radius 2 is 0.679 bits per heavy atom. The summed E-state index contributed by atoms with van der Waals surface area (Å²) in [5.74, 6) is -3.47. The van der Waals surface area contributed by atoms with Gasteiger partial charge in [0.15, 0.2) is 57.5 Å². The van der Waals surface area contributed by atoms with Crippen LogP contribution in [0.4, 0.5) is 0 Å². The first kappa shape index (κ1) is 39.0. The summed E-state index contributed by atoms with van der Waals surface area (Å²) in [6.45, 7) is 0. The summed E-state index contributed by atoms with van der Waals surface area (Å²) >= 11 is 0. The van der Waals surface area contributed by atoms with Gasteiger partial charge in [0.05, 0.1) is 0 Å². The SMILES string of the molecule is Oc1ccc(CC[C@H](Cc2ccc(CCc3cc(O)c(O)c(O)c3)cc2)[C@@H](Cc2ccc(CCc3cc(O)c(O)c(O)c3)cc2)c2ccc(O)c(O)c2)cc1O. The van der Waals surface area contributed by atoms with Crippen LogP contribution < -0.4 is 0 Å². The van der Waals surface area contributed by atoms with Crippen molar-refractivity contribution in [3.05, 3.63) is 154 Å². The number of rotatable bonds is 15. The standard InChI is InChI=1S/C46H46O10/c47-37-17-14-31(21-39(37)49)13-15-34(19-29-7-1-27(2-8-29)5-11-32-22-41(51)45(55)42(52)23-32)36(35-16-18-38(48)40(50)26-35)20-30-9-3-28(4-10-30)6-12-33-24-43(53)46(56)44(54)25-33/h1-4,7-10,14,16-18,21-26,34,36,47-56H,5-6,11-13,15,19-20H2/t34-,36-/m1/s1. The molecule has 56 heavy (non-hydrogen) atoms. The van der Waals surface area contributed by atoms with Crippen molar-refractivity contribution in [2.45, 2.75) is 57.3 Å². The van der Waals surface area contributed by atoms with Crippen molar-refractivity contribution in [2.24, 2.45) is 5.92 Å². The Labute approximate surface area is 324 Å². The lowest BCUT2D eigenvalue weighted by Crippen LogP contribution is -2.19. The van der Waals surface area contributed by atoms with Gasteiger partial charge in [0.2, 0.25) is 0 Å². The number of aryl methyl sites for hydroxylation is 5. The van der Waals surface area contributed by atoms with Gasteiger partial charge in [-0.05, 0) is 156 Å². The summed E-state index contributed by atoms with van der Waals surface area (Å²) in [7, 11) is 0. The molecule has 2 atom stereocenters. The zero-order valence-corrected chi connectivity index (χ0v) is 30.7. The van der Waals surface area contributed by atoms with Gasteiger partial charge in [-0.25, -0.2) is 0 Å². The fraction of sp³-hybridized carbons (Fsp3) is 0.217. The predicted molar refractivity (Wildman–Crippen MR) is 212 cm³/mol. The van der Waals surface area contributed by atoms with Crippen molar-refractivity contribution in [2.75, 3.05) is 0 Å². The summed E-state index contributed by atoms with van der Waals surface area (Å²) < 4.78 is 0. The molecule has 0 aromatic heterocycles. The van der Waals surface area contributed by atoms with Crippen LogP contribution in [0, 0.1) is 5.92 Å². The lowest BCUT2D eigenvalue weighted by atomic mass is 9.75. The van der Waals surface area contributed by atoms with Crippen molar-refractivity contribution < 1.29 is 51.1 Å². The van der Waals surface area contributed by atoms with Crippen molar-refractivity contribution in [3.8, 4) is 57.5 Å². The van der Waals surface area contributed by atoms with Crippen LogP contribution >= 0.6 is 0 Å². The highest BCUT2D eigenvalue weighted by molar-refractivity contribution is 5.52. The third kappa shape index (κ3) is 9.70. The third-order valence-electron chi connectivity index (χ3n) is 10.5. The van der Waals surface area contributed by atoms with E-state index in [9.17, 15) is 51.1 Å². The Morgan fingerprint density at radius 3 is 1.14 bits per heavy atom. The number of hydrogen-bond acceptors (Lipinski definition) is 10. The molecule has 0 spiro atoms. The van der Waals surface area contributed by atoms with Crippen LogP contribution in [-0.2, 0) is 44.9 Å². The predicted octanol–water partition coefficient (Wildman–Crippen LogP) is 8.13. The Kier molecular flexibility index (Phi) is 12.0. The average Bonchev–Trinajstić information content (AvgIpc) is 3.18. The van der Waals surface area contributed by atoms with Crippen LogP contribution in [0.3, 0.4) is 0 Å². The second kappa shape index (κ2) is 17.2. The monoisotopic (exact) mass is 758 g/mol. The molecule has 0 unspecified atom stereocenters. The van der Waals surface area contributed by atoms with Crippen molar-refractivity contribution >= 4 is 0 Å². The lowest BCUT2D eigenvalue weighted by molar-refractivity contribution is 0.367. The normalized spacial score (nSPS) is 12.4. The van der Waals surface area contributed by atoms with Crippen LogP contribution in [0.15, 0.2) is 109 Å². The molecule has 6 aromatic carbocycles. The second-order valence-electron chi connectivity index (χ2n) is 14.5. The minimum absolute atomic E-state index is 0.0122. The van der Waals surface area contributed by atoms with Crippen molar-refractivity contribution in [1.82, 2.24) is 0 Å². The van der Waals surface area contributed by atoms with Gasteiger partial charge in [-0.3, -0.25) is 0 Å². The first-order valence-corrected chi connectivity index (χ1v) is 18.5. The van der Waals surface area contributed by atoms with E-state index in [2.05, 4.69) is 24.3 Å². The van der Waals surface area contributed by atoms with Gasteiger partial charge in [-0.1, -0.05) is 60.7 Å². The van der Waals surface area contributed by atoms with Gasteiger partial charge < -0.3 is 51.1 Å². The first-order valence-electron chi connectivity index (χ1n) is 18.5. The smallest absolute Gasteiger partial charge is 0.200 e.